The van der Waals surface area contributed by atoms with Crippen molar-refractivity contribution in [1.29, 1.82) is 0 Å². The summed E-state index contributed by atoms with van der Waals surface area (Å²) < 4.78 is 0. The first kappa shape index (κ1) is 18.1. The molecule has 1 aliphatic carbocycles. The Labute approximate surface area is 150 Å². The van der Waals surface area contributed by atoms with Crippen LogP contribution in [0.25, 0.3) is 0 Å². The maximum Gasteiger partial charge on any atom is 0.220 e. The van der Waals surface area contributed by atoms with Crippen LogP contribution in [0.2, 0.25) is 0 Å². The smallest absolute Gasteiger partial charge is 0.220 e. The first-order valence-corrected chi connectivity index (χ1v) is 9.57. The number of piperazine rings is 1. The highest BCUT2D eigenvalue weighted by atomic mass is 16.2. The van der Waals surface area contributed by atoms with Crippen molar-refractivity contribution < 1.29 is 9.59 Å². The number of aryl methyl sites for hydroxylation is 2. The van der Waals surface area contributed by atoms with Crippen LogP contribution in [-0.2, 0) is 17.6 Å². The maximum atomic E-state index is 12.4. The Balaban J connectivity index is 1.38. The third kappa shape index (κ3) is 5.38. The molecule has 1 heterocycles. The number of benzene rings is 1. The highest BCUT2D eigenvalue weighted by molar-refractivity contribution is 5.98. The lowest BCUT2D eigenvalue weighted by atomic mass is 9.89. The van der Waals surface area contributed by atoms with Gasteiger partial charge >= 0.3 is 0 Å². The number of ketones is 1. The van der Waals surface area contributed by atoms with Gasteiger partial charge in [0.1, 0.15) is 0 Å². The van der Waals surface area contributed by atoms with E-state index >= 15 is 0 Å². The fraction of sp³-hybridized carbons (Fsp3) is 0.600. The highest BCUT2D eigenvalue weighted by Crippen LogP contribution is 2.22. The number of hydrogen-bond acceptors (Lipinski definition) is 4. The van der Waals surface area contributed by atoms with Gasteiger partial charge in [-0.05, 0) is 42.9 Å². The lowest BCUT2D eigenvalue weighted by molar-refractivity contribution is -0.121. The van der Waals surface area contributed by atoms with Crippen LogP contribution in [0, 0.1) is 0 Å². The number of hydrogen-bond donors (Lipinski definition) is 2. The van der Waals surface area contributed by atoms with Gasteiger partial charge in [-0.1, -0.05) is 12.1 Å². The zero-order valence-electron chi connectivity index (χ0n) is 15.0. The predicted octanol–water partition coefficient (Wildman–Crippen LogP) is 1.55. The second kappa shape index (κ2) is 9.11. The molecule has 2 aliphatic rings. The van der Waals surface area contributed by atoms with Gasteiger partial charge in [0.2, 0.25) is 5.91 Å². The molecule has 0 atom stereocenters. The maximum absolute atomic E-state index is 12.4. The molecule has 136 valence electrons. The molecule has 1 fully saturated rings. The third-order valence-electron chi connectivity index (χ3n) is 5.21. The van der Waals surface area contributed by atoms with Gasteiger partial charge in [-0.2, -0.15) is 0 Å². The van der Waals surface area contributed by atoms with Crippen LogP contribution in [0.1, 0.15) is 47.2 Å². The number of fused-ring (bicyclic) bond motifs is 1. The molecule has 1 aromatic carbocycles. The second-order valence-corrected chi connectivity index (χ2v) is 7.06. The van der Waals surface area contributed by atoms with Gasteiger partial charge in [-0.25, -0.2) is 0 Å². The van der Waals surface area contributed by atoms with E-state index in [0.717, 1.165) is 51.1 Å². The van der Waals surface area contributed by atoms with Crippen LogP contribution < -0.4 is 10.6 Å². The fourth-order valence-electron chi connectivity index (χ4n) is 3.65. The Morgan fingerprint density at radius 2 is 1.80 bits per heavy atom. The quantitative estimate of drug-likeness (QED) is 0.738. The Morgan fingerprint density at radius 1 is 1.04 bits per heavy atom. The van der Waals surface area contributed by atoms with Crippen LogP contribution in [0.5, 0.6) is 0 Å². The van der Waals surface area contributed by atoms with Gasteiger partial charge in [0.25, 0.3) is 0 Å². The molecule has 0 bridgehead atoms. The molecule has 5 heteroatoms. The molecule has 0 spiro atoms. The monoisotopic (exact) mass is 343 g/mol. The minimum Gasteiger partial charge on any atom is -0.355 e. The summed E-state index contributed by atoms with van der Waals surface area (Å²) in [5, 5.41) is 6.25. The Hall–Kier alpha value is -1.72. The Kier molecular flexibility index (Phi) is 6.59. The number of carbonyl (C=O) groups excluding carboxylic acids is 2. The molecule has 1 saturated heterocycles. The summed E-state index contributed by atoms with van der Waals surface area (Å²) in [6.45, 7) is 5.64. The summed E-state index contributed by atoms with van der Waals surface area (Å²) in [5.41, 5.74) is 3.46. The molecule has 5 nitrogen and oxygen atoms in total. The van der Waals surface area contributed by atoms with Crippen molar-refractivity contribution in [1.82, 2.24) is 15.5 Å². The molecule has 0 radical (unpaired) electrons. The summed E-state index contributed by atoms with van der Waals surface area (Å²) in [4.78, 5) is 26.7. The standard InChI is InChI=1S/C20H29N3O2/c24-19(18-6-5-16-3-1-2-4-17(16)15-18)7-8-20(25)22-11-14-23-12-9-21-10-13-23/h5-6,15,21H,1-4,7-14H2,(H,22,25). The first-order chi connectivity index (χ1) is 12.2. The van der Waals surface area contributed by atoms with Crippen LogP contribution >= 0.6 is 0 Å². The van der Waals surface area contributed by atoms with E-state index in [1.54, 1.807) is 0 Å². The zero-order valence-corrected chi connectivity index (χ0v) is 15.0. The van der Waals surface area contributed by atoms with Gasteiger partial charge in [0.05, 0.1) is 0 Å². The molecule has 1 amide bonds. The molecule has 3 rings (SSSR count). The van der Waals surface area contributed by atoms with E-state index in [2.05, 4.69) is 21.6 Å². The SMILES string of the molecule is O=C(CCC(=O)c1ccc2c(c1)CCCC2)NCCN1CCNCC1. The topological polar surface area (TPSA) is 61.4 Å². The van der Waals surface area contributed by atoms with Crippen molar-refractivity contribution in [3.05, 3.63) is 34.9 Å². The van der Waals surface area contributed by atoms with Crippen molar-refractivity contribution in [3.8, 4) is 0 Å². The molecule has 0 saturated carbocycles. The number of nitrogens with one attached hydrogen (secondary N) is 2. The van der Waals surface area contributed by atoms with E-state index in [4.69, 9.17) is 0 Å². The molecule has 25 heavy (non-hydrogen) atoms. The van der Waals surface area contributed by atoms with Crippen LogP contribution in [-0.4, -0.2) is 55.9 Å². The lowest BCUT2D eigenvalue weighted by Gasteiger charge is -2.27. The molecular weight excluding hydrogens is 314 g/mol. The molecular formula is C20H29N3O2. The number of amides is 1. The predicted molar refractivity (Wildman–Crippen MR) is 99.0 cm³/mol. The number of nitrogens with zero attached hydrogens (tertiary/aromatic N) is 1. The summed E-state index contributed by atoms with van der Waals surface area (Å²) >= 11 is 0. The summed E-state index contributed by atoms with van der Waals surface area (Å²) in [5.74, 6) is 0.0482. The van der Waals surface area contributed by atoms with E-state index in [-0.39, 0.29) is 24.5 Å². The Bertz CT molecular complexity index is 609. The highest BCUT2D eigenvalue weighted by Gasteiger charge is 2.14. The molecule has 0 aromatic heterocycles. The van der Waals surface area contributed by atoms with Gasteiger partial charge < -0.3 is 10.6 Å². The van der Waals surface area contributed by atoms with E-state index in [1.807, 2.05) is 12.1 Å². The van der Waals surface area contributed by atoms with Crippen LogP contribution in [0.15, 0.2) is 18.2 Å². The van der Waals surface area contributed by atoms with Crippen molar-refractivity contribution in [2.45, 2.75) is 38.5 Å². The van der Waals surface area contributed by atoms with Crippen molar-refractivity contribution >= 4 is 11.7 Å². The average molecular weight is 343 g/mol. The van der Waals surface area contributed by atoms with Gasteiger partial charge in [0, 0.05) is 57.7 Å². The summed E-state index contributed by atoms with van der Waals surface area (Å²) in [6, 6.07) is 6.06. The molecule has 1 aliphatic heterocycles. The lowest BCUT2D eigenvalue weighted by Crippen LogP contribution is -2.46. The third-order valence-corrected chi connectivity index (χ3v) is 5.21. The van der Waals surface area contributed by atoms with E-state index in [1.165, 1.54) is 24.0 Å². The number of carbonyl (C=O) groups is 2. The normalized spacial score (nSPS) is 17.8. The number of Topliss-reactive ketones (excluding diaryl/α,β-unsaturated/α-hetero) is 1. The largest absolute Gasteiger partial charge is 0.355 e. The van der Waals surface area contributed by atoms with Gasteiger partial charge in [0.15, 0.2) is 5.78 Å². The average Bonchev–Trinajstić information content (AvgIpc) is 2.66. The first-order valence-electron chi connectivity index (χ1n) is 9.57. The molecule has 1 aromatic rings. The van der Waals surface area contributed by atoms with Crippen LogP contribution in [0.3, 0.4) is 0 Å². The zero-order chi connectivity index (χ0) is 17.5. The van der Waals surface area contributed by atoms with Crippen molar-refractivity contribution in [2.24, 2.45) is 0 Å². The fourth-order valence-corrected chi connectivity index (χ4v) is 3.65. The van der Waals surface area contributed by atoms with Crippen molar-refractivity contribution in [2.75, 3.05) is 39.3 Å². The molecule has 0 unspecified atom stereocenters. The van der Waals surface area contributed by atoms with Gasteiger partial charge in [-0.15, -0.1) is 0 Å². The number of rotatable bonds is 7. The van der Waals surface area contributed by atoms with E-state index < -0.39 is 0 Å². The Morgan fingerprint density at radius 3 is 2.60 bits per heavy atom. The minimum atomic E-state index is -0.0264. The van der Waals surface area contributed by atoms with Gasteiger partial charge in [-0.3, -0.25) is 14.5 Å². The summed E-state index contributed by atoms with van der Waals surface area (Å²) in [6.07, 6.45) is 5.21. The van der Waals surface area contributed by atoms with Crippen LogP contribution in [0.4, 0.5) is 0 Å². The van der Waals surface area contributed by atoms with E-state index in [0.29, 0.717) is 6.54 Å². The molecule has 2 N–H and O–H groups in total. The summed E-state index contributed by atoms with van der Waals surface area (Å²) in [7, 11) is 0. The second-order valence-electron chi connectivity index (χ2n) is 7.06. The van der Waals surface area contributed by atoms with E-state index in [9.17, 15) is 9.59 Å². The minimum absolute atomic E-state index is 0.0264. The van der Waals surface area contributed by atoms with Crippen molar-refractivity contribution in [3.63, 3.8) is 0 Å².